The van der Waals surface area contributed by atoms with E-state index in [0.29, 0.717) is 23.1 Å². The Bertz CT molecular complexity index is 761. The van der Waals surface area contributed by atoms with Crippen LogP contribution in [0.4, 0.5) is 10.8 Å². The number of methoxy groups -OCH3 is 1. The van der Waals surface area contributed by atoms with E-state index < -0.39 is 4.92 Å². The van der Waals surface area contributed by atoms with Crippen molar-refractivity contribution in [1.82, 2.24) is 4.98 Å². The number of thiazole rings is 1. The van der Waals surface area contributed by atoms with Gasteiger partial charge in [0.1, 0.15) is 0 Å². The van der Waals surface area contributed by atoms with E-state index in [1.807, 2.05) is 19.2 Å². The lowest BCUT2D eigenvalue weighted by molar-refractivity contribution is -0.386. The molecule has 1 aromatic carbocycles. The highest BCUT2D eigenvalue weighted by atomic mass is 32.1. The van der Waals surface area contributed by atoms with Crippen LogP contribution in [0.3, 0.4) is 0 Å². The molecule has 2 rings (SSSR count). The van der Waals surface area contributed by atoms with Gasteiger partial charge in [0.15, 0.2) is 5.75 Å². The van der Waals surface area contributed by atoms with Gasteiger partial charge < -0.3 is 9.47 Å². The van der Waals surface area contributed by atoms with Gasteiger partial charge in [-0.15, -0.1) is 11.3 Å². The van der Waals surface area contributed by atoms with E-state index in [-0.39, 0.29) is 11.4 Å². The number of unbranched alkanes of at least 4 members (excludes halogenated alkanes) is 1. The lowest BCUT2D eigenvalue weighted by Gasteiger charge is -2.11. The summed E-state index contributed by atoms with van der Waals surface area (Å²) in [5.74, 6) is 0.443. The number of nitrogens with zero attached hydrogens (tertiary/aromatic N) is 3. The third kappa shape index (κ3) is 5.15. The molecule has 0 spiro atoms. The monoisotopic (exact) mass is 364 g/mol. The Hall–Kier alpha value is -2.68. The molecule has 0 unspecified atom stereocenters. The molecule has 1 aromatic heterocycles. The van der Waals surface area contributed by atoms with Crippen LogP contribution in [0.15, 0.2) is 22.6 Å². The summed E-state index contributed by atoms with van der Waals surface area (Å²) in [5.41, 5.74) is 4.06. The lowest BCUT2D eigenvalue weighted by atomic mass is 10.2. The molecule has 25 heavy (non-hydrogen) atoms. The van der Waals surface area contributed by atoms with Crippen LogP contribution in [-0.4, -0.2) is 29.8 Å². The lowest BCUT2D eigenvalue weighted by Crippen LogP contribution is -2.03. The molecule has 9 heteroatoms. The first-order valence-electron chi connectivity index (χ1n) is 7.75. The number of hydrazone groups is 1. The van der Waals surface area contributed by atoms with Crippen molar-refractivity contribution < 1.29 is 14.4 Å². The van der Waals surface area contributed by atoms with Gasteiger partial charge in [-0.2, -0.15) is 5.10 Å². The molecule has 0 atom stereocenters. The molecule has 2 aromatic rings. The van der Waals surface area contributed by atoms with Gasteiger partial charge >= 0.3 is 5.69 Å². The summed E-state index contributed by atoms with van der Waals surface area (Å²) in [5, 5.41) is 18.0. The minimum atomic E-state index is -0.487. The van der Waals surface area contributed by atoms with E-state index in [1.165, 1.54) is 30.7 Å². The smallest absolute Gasteiger partial charge is 0.315 e. The molecule has 0 fully saturated rings. The molecule has 1 heterocycles. The van der Waals surface area contributed by atoms with Gasteiger partial charge in [-0.3, -0.25) is 15.5 Å². The summed E-state index contributed by atoms with van der Waals surface area (Å²) in [6, 6.07) is 3.05. The third-order valence-corrected chi connectivity index (χ3v) is 4.08. The van der Waals surface area contributed by atoms with Gasteiger partial charge in [0, 0.05) is 17.0 Å². The van der Waals surface area contributed by atoms with Crippen molar-refractivity contribution in [2.24, 2.45) is 5.10 Å². The molecule has 0 saturated heterocycles. The molecule has 0 amide bonds. The number of aryl methyl sites for hydroxylation is 1. The van der Waals surface area contributed by atoms with Crippen LogP contribution in [0.2, 0.25) is 0 Å². The normalized spacial score (nSPS) is 10.8. The Morgan fingerprint density at radius 1 is 1.48 bits per heavy atom. The largest absolute Gasteiger partial charge is 0.493 e. The predicted molar refractivity (Wildman–Crippen MR) is 98.1 cm³/mol. The van der Waals surface area contributed by atoms with Crippen LogP contribution < -0.4 is 14.9 Å². The number of ether oxygens (including phenoxy) is 2. The van der Waals surface area contributed by atoms with Gasteiger partial charge in [-0.1, -0.05) is 13.3 Å². The standard InChI is InChI=1S/C16H20N4O4S/c1-4-5-6-24-15-13(20(21)22)7-12(8-14(15)23-3)9-17-19-16-18-11(2)10-25-16/h7-10H,4-6H2,1-3H3,(H,18,19)/b17-9-. The first kappa shape index (κ1) is 18.7. The van der Waals surface area contributed by atoms with Gasteiger partial charge in [0.05, 0.1) is 30.5 Å². The topological polar surface area (TPSA) is 98.9 Å². The molecule has 134 valence electrons. The Morgan fingerprint density at radius 3 is 2.88 bits per heavy atom. The van der Waals surface area contributed by atoms with Gasteiger partial charge in [0.25, 0.3) is 0 Å². The second kappa shape index (κ2) is 8.97. The molecule has 0 aliphatic rings. The summed E-state index contributed by atoms with van der Waals surface area (Å²) in [4.78, 5) is 15.1. The maximum Gasteiger partial charge on any atom is 0.315 e. The van der Waals surface area contributed by atoms with Crippen molar-refractivity contribution in [3.05, 3.63) is 38.9 Å². The summed E-state index contributed by atoms with van der Waals surface area (Å²) < 4.78 is 10.8. The van der Waals surface area contributed by atoms with Crippen LogP contribution in [0.25, 0.3) is 0 Å². The minimum Gasteiger partial charge on any atom is -0.493 e. The van der Waals surface area contributed by atoms with Crippen molar-refractivity contribution in [3.63, 3.8) is 0 Å². The van der Waals surface area contributed by atoms with E-state index in [1.54, 1.807) is 6.07 Å². The number of rotatable bonds is 9. The highest BCUT2D eigenvalue weighted by Crippen LogP contribution is 2.38. The zero-order valence-corrected chi connectivity index (χ0v) is 15.1. The average molecular weight is 364 g/mol. The van der Waals surface area contributed by atoms with Crippen molar-refractivity contribution in [2.75, 3.05) is 19.1 Å². The van der Waals surface area contributed by atoms with Crippen LogP contribution >= 0.6 is 11.3 Å². The number of nitro groups is 1. The van der Waals surface area contributed by atoms with Crippen LogP contribution in [0.1, 0.15) is 31.0 Å². The summed E-state index contributed by atoms with van der Waals surface area (Å²) in [6.07, 6.45) is 3.21. The van der Waals surface area contributed by atoms with E-state index in [4.69, 9.17) is 9.47 Å². The van der Waals surface area contributed by atoms with Crippen molar-refractivity contribution in [2.45, 2.75) is 26.7 Å². The van der Waals surface area contributed by atoms with E-state index >= 15 is 0 Å². The number of nitro benzene ring substituents is 1. The molecule has 8 nitrogen and oxygen atoms in total. The Balaban J connectivity index is 2.23. The van der Waals surface area contributed by atoms with Gasteiger partial charge in [-0.05, 0) is 19.4 Å². The highest BCUT2D eigenvalue weighted by Gasteiger charge is 2.22. The molecular formula is C16H20N4O4S. The second-order valence-electron chi connectivity index (χ2n) is 5.19. The van der Waals surface area contributed by atoms with Crippen LogP contribution in [-0.2, 0) is 0 Å². The number of aromatic nitrogens is 1. The minimum absolute atomic E-state index is 0.140. The van der Waals surface area contributed by atoms with Crippen molar-refractivity contribution in [3.8, 4) is 11.5 Å². The average Bonchev–Trinajstić information content (AvgIpc) is 3.00. The van der Waals surface area contributed by atoms with Gasteiger partial charge in [0.2, 0.25) is 10.9 Å². The number of nitrogens with one attached hydrogen (secondary N) is 1. The van der Waals surface area contributed by atoms with Crippen LogP contribution in [0, 0.1) is 17.0 Å². The van der Waals surface area contributed by atoms with E-state index in [9.17, 15) is 10.1 Å². The van der Waals surface area contributed by atoms with Crippen molar-refractivity contribution >= 4 is 28.4 Å². The first-order valence-corrected chi connectivity index (χ1v) is 8.63. The SMILES string of the molecule is CCCCOc1c(OC)cc(/C=N\Nc2nc(C)cs2)cc1[N+](=O)[O-]. The third-order valence-electron chi connectivity index (χ3n) is 3.21. The summed E-state index contributed by atoms with van der Waals surface area (Å²) in [7, 11) is 1.45. The van der Waals surface area contributed by atoms with Crippen LogP contribution in [0.5, 0.6) is 11.5 Å². The maximum atomic E-state index is 11.4. The fourth-order valence-electron chi connectivity index (χ4n) is 2.00. The fraction of sp³-hybridized carbons (Fsp3) is 0.375. The van der Waals surface area contributed by atoms with Gasteiger partial charge in [-0.25, -0.2) is 4.98 Å². The van der Waals surface area contributed by atoms with Crippen molar-refractivity contribution in [1.29, 1.82) is 0 Å². The van der Waals surface area contributed by atoms with E-state index in [0.717, 1.165) is 18.5 Å². The molecule has 0 radical (unpaired) electrons. The second-order valence-corrected chi connectivity index (χ2v) is 6.05. The molecular weight excluding hydrogens is 344 g/mol. The Kier molecular flexibility index (Phi) is 6.70. The summed E-state index contributed by atoms with van der Waals surface area (Å²) >= 11 is 1.43. The molecule has 0 aliphatic carbocycles. The molecule has 0 saturated carbocycles. The Labute approximate surface area is 149 Å². The summed E-state index contributed by atoms with van der Waals surface area (Å²) in [6.45, 7) is 4.30. The van der Waals surface area contributed by atoms with E-state index in [2.05, 4.69) is 15.5 Å². The number of hydrogen-bond donors (Lipinski definition) is 1. The quantitative estimate of drug-likeness (QED) is 0.312. The first-order chi connectivity index (χ1) is 12.0. The predicted octanol–water partition coefficient (Wildman–Crippen LogP) is 3.99. The zero-order chi connectivity index (χ0) is 18.2. The Morgan fingerprint density at radius 2 is 2.28 bits per heavy atom. The zero-order valence-electron chi connectivity index (χ0n) is 14.3. The number of hydrogen-bond acceptors (Lipinski definition) is 8. The molecule has 0 aliphatic heterocycles. The fourth-order valence-corrected chi connectivity index (χ4v) is 2.64. The number of anilines is 1. The number of benzene rings is 1. The molecule has 0 bridgehead atoms. The highest BCUT2D eigenvalue weighted by molar-refractivity contribution is 7.13. The molecule has 1 N–H and O–H groups in total. The maximum absolute atomic E-state index is 11.4.